The molecular weight excluding hydrogens is 291 g/mol. The van der Waals surface area contributed by atoms with Gasteiger partial charge in [-0.05, 0) is 0 Å². The van der Waals surface area contributed by atoms with Crippen molar-refractivity contribution in [2.45, 2.75) is 13.3 Å². The molecule has 0 aromatic heterocycles. The maximum atomic E-state index is 11.9. The van der Waals surface area contributed by atoms with Gasteiger partial charge in [-0.15, -0.1) is 0 Å². The monoisotopic (exact) mass is 316 g/mol. The van der Waals surface area contributed by atoms with E-state index in [1.165, 1.54) is 10.6 Å². The summed E-state index contributed by atoms with van der Waals surface area (Å²) in [5, 5.41) is 2.67. The van der Waals surface area contributed by atoms with E-state index >= 15 is 0 Å². The molecule has 0 aliphatic carbocycles. The summed E-state index contributed by atoms with van der Waals surface area (Å²) in [6, 6.07) is 21.2. The summed E-state index contributed by atoms with van der Waals surface area (Å²) in [5.41, 5.74) is 0. The third-order valence-electron chi connectivity index (χ3n) is 4.46. The first-order valence-corrected chi connectivity index (χ1v) is 11.1. The van der Waals surface area contributed by atoms with Crippen LogP contribution in [0.2, 0.25) is 0 Å². The second-order valence-corrected chi connectivity index (χ2v) is 12.6. The molecule has 22 heavy (non-hydrogen) atoms. The van der Waals surface area contributed by atoms with Crippen molar-refractivity contribution in [3.63, 3.8) is 0 Å². The molecule has 3 heteroatoms. The Labute approximate surface area is 133 Å². The van der Waals surface area contributed by atoms with Gasteiger partial charge in [-0.3, -0.25) is 0 Å². The zero-order chi connectivity index (χ0) is 16.1. The van der Waals surface area contributed by atoms with Crippen LogP contribution in [0.4, 0.5) is 0 Å². The predicted octanol–water partition coefficient (Wildman–Crippen LogP) is 3.40. The quantitative estimate of drug-likeness (QED) is 0.603. The summed E-state index contributed by atoms with van der Waals surface area (Å²) >= 11 is 0. The van der Waals surface area contributed by atoms with E-state index in [1.54, 1.807) is 0 Å². The Hall–Kier alpha value is -1.66. The van der Waals surface area contributed by atoms with Crippen LogP contribution in [0.25, 0.3) is 0 Å². The number of rotatable bonds is 6. The van der Waals surface area contributed by atoms with Crippen molar-refractivity contribution in [2.75, 3.05) is 26.1 Å². The van der Waals surface area contributed by atoms with Gasteiger partial charge < -0.3 is 0 Å². The number of hydrogen-bond acceptors (Lipinski definition) is 2. The Balaban J connectivity index is 2.43. The topological polar surface area (TPSA) is 26.3 Å². The summed E-state index contributed by atoms with van der Waals surface area (Å²) in [4.78, 5) is 11.9. The number of ether oxygens (including phenoxy) is 1. The van der Waals surface area contributed by atoms with Gasteiger partial charge in [-0.25, -0.2) is 0 Å². The van der Waals surface area contributed by atoms with Gasteiger partial charge in [0.2, 0.25) is 0 Å². The molecule has 2 aromatic carbocycles. The van der Waals surface area contributed by atoms with E-state index in [2.05, 4.69) is 61.9 Å². The molecule has 0 atom stereocenters. The van der Waals surface area contributed by atoms with E-state index in [-0.39, 0.29) is 5.97 Å². The number of esters is 1. The van der Waals surface area contributed by atoms with E-state index in [4.69, 9.17) is 4.74 Å². The first-order chi connectivity index (χ1) is 10.5. The average Bonchev–Trinajstić information content (AvgIpc) is 2.55. The van der Waals surface area contributed by atoms with E-state index in [0.29, 0.717) is 13.0 Å². The van der Waals surface area contributed by atoms with Crippen LogP contribution in [0.5, 0.6) is 0 Å². The molecule has 2 nitrogen and oxygen atoms in total. The van der Waals surface area contributed by atoms with Crippen LogP contribution in [-0.4, -0.2) is 32.1 Å². The van der Waals surface area contributed by atoms with Gasteiger partial charge in [-0.1, -0.05) is 0 Å². The Kier molecular flexibility index (Phi) is 5.03. The predicted molar refractivity (Wildman–Crippen MR) is 97.0 cm³/mol. The molecule has 0 unspecified atom stereocenters. The van der Waals surface area contributed by atoms with Crippen molar-refractivity contribution in [1.29, 1.82) is 0 Å². The number of carbonyl (C=O) groups excluding carboxylic acids is 1. The molecule has 2 rings (SSSR count). The van der Waals surface area contributed by atoms with Crippen molar-refractivity contribution in [3.8, 4) is 0 Å². The van der Waals surface area contributed by atoms with Crippen LogP contribution >= 0.6 is 6.60 Å². The van der Waals surface area contributed by atoms with E-state index < -0.39 is 6.60 Å². The summed E-state index contributed by atoms with van der Waals surface area (Å²) in [6.45, 7) is 4.59. The first-order valence-electron chi connectivity index (χ1n) is 7.74. The summed E-state index contributed by atoms with van der Waals surface area (Å²) in [6.07, 6.45) is 1.29. The summed E-state index contributed by atoms with van der Waals surface area (Å²) in [7, 11) is 0. The minimum absolute atomic E-state index is 0.105. The van der Waals surface area contributed by atoms with Gasteiger partial charge in [0.05, 0.1) is 0 Å². The fourth-order valence-corrected chi connectivity index (χ4v) is 6.80. The Bertz CT molecular complexity index is 577. The molecule has 0 spiro atoms. The molecule has 0 fully saturated rings. The maximum absolute atomic E-state index is 11.9. The third kappa shape index (κ3) is 3.39. The number of hydrogen-bond donors (Lipinski definition) is 0. The third-order valence-corrected chi connectivity index (χ3v) is 9.93. The summed E-state index contributed by atoms with van der Waals surface area (Å²) < 4.78 is 5.14. The Morgan fingerprint density at radius 2 is 1.36 bits per heavy atom. The van der Waals surface area contributed by atoms with Crippen LogP contribution in [0.15, 0.2) is 60.7 Å². The molecule has 2 aromatic rings. The molecule has 0 aliphatic heterocycles. The molecule has 0 N–H and O–H groups in total. The normalized spacial score (nSPS) is 13.1. The van der Waals surface area contributed by atoms with Gasteiger partial charge >= 0.3 is 133 Å². The Morgan fingerprint density at radius 1 is 0.909 bits per heavy atom. The van der Waals surface area contributed by atoms with Gasteiger partial charge in [0, 0.05) is 0 Å². The van der Waals surface area contributed by atoms with Crippen LogP contribution in [0.1, 0.15) is 13.3 Å². The van der Waals surface area contributed by atoms with Crippen molar-refractivity contribution in [3.05, 3.63) is 60.7 Å². The van der Waals surface area contributed by atoms with Gasteiger partial charge in [-0.2, -0.15) is 0 Å². The van der Waals surface area contributed by atoms with Crippen molar-refractivity contribution in [2.24, 2.45) is 0 Å². The first kappa shape index (κ1) is 16.7. The zero-order valence-electron chi connectivity index (χ0n) is 13.7. The second kappa shape index (κ2) is 6.62. The van der Waals surface area contributed by atoms with Crippen molar-refractivity contribution < 1.29 is 9.53 Å². The summed E-state index contributed by atoms with van der Waals surface area (Å²) in [5.74, 6) is -0.105. The van der Waals surface area contributed by atoms with Crippen LogP contribution in [0, 0.1) is 0 Å². The zero-order valence-corrected chi connectivity index (χ0v) is 14.6. The molecular formula is C19H25O2P. The molecule has 0 bridgehead atoms. The SMILES string of the molecule is CCOC(=O)CCP(C)(C)(c1ccccc1)c1ccccc1. The van der Waals surface area contributed by atoms with E-state index in [1.807, 2.05) is 19.1 Å². The fraction of sp³-hybridized carbons (Fsp3) is 0.316. The van der Waals surface area contributed by atoms with Crippen LogP contribution in [-0.2, 0) is 9.53 Å². The van der Waals surface area contributed by atoms with E-state index in [9.17, 15) is 4.79 Å². The average molecular weight is 316 g/mol. The van der Waals surface area contributed by atoms with E-state index in [0.717, 1.165) is 6.16 Å². The molecule has 0 heterocycles. The molecule has 0 saturated carbocycles. The van der Waals surface area contributed by atoms with Crippen molar-refractivity contribution in [1.82, 2.24) is 0 Å². The van der Waals surface area contributed by atoms with Crippen LogP contribution < -0.4 is 10.6 Å². The van der Waals surface area contributed by atoms with Gasteiger partial charge in [0.1, 0.15) is 0 Å². The van der Waals surface area contributed by atoms with Crippen molar-refractivity contribution >= 4 is 23.2 Å². The minimum atomic E-state index is -2.39. The van der Waals surface area contributed by atoms with Gasteiger partial charge in [0.15, 0.2) is 0 Å². The fourth-order valence-electron chi connectivity index (χ4n) is 2.88. The second-order valence-electron chi connectivity index (χ2n) is 6.35. The molecule has 0 amide bonds. The molecule has 0 saturated heterocycles. The molecule has 118 valence electrons. The number of carbonyl (C=O) groups is 1. The molecule has 0 radical (unpaired) electrons. The molecule has 0 aliphatic rings. The Morgan fingerprint density at radius 3 is 1.77 bits per heavy atom. The number of benzene rings is 2. The van der Waals surface area contributed by atoms with Gasteiger partial charge in [0.25, 0.3) is 0 Å². The van der Waals surface area contributed by atoms with Crippen LogP contribution in [0.3, 0.4) is 0 Å². The standard InChI is InChI=1S/C19H25O2P/c1-4-21-19(20)15-16-22(2,3,17-11-7-5-8-12-17)18-13-9-6-10-14-18/h5-14H,4,15-16H2,1-3H3.